The van der Waals surface area contributed by atoms with Crippen LogP contribution in [0.1, 0.15) is 34.3 Å². The summed E-state index contributed by atoms with van der Waals surface area (Å²) in [6, 6.07) is 11.4. The molecule has 2 aromatic carbocycles. The van der Waals surface area contributed by atoms with E-state index in [0.717, 1.165) is 38.2 Å². The third kappa shape index (κ3) is 6.18. The van der Waals surface area contributed by atoms with Crippen LogP contribution in [0.25, 0.3) is 0 Å². The van der Waals surface area contributed by atoms with Gasteiger partial charge in [-0.25, -0.2) is 4.79 Å². The van der Waals surface area contributed by atoms with E-state index in [9.17, 15) is 9.59 Å². The Kier molecular flexibility index (Phi) is 7.72. The molecule has 0 amide bonds. The number of thioether (sulfide) groups is 1. The fraction of sp³-hybridized carbons (Fsp3) is 0.300. The van der Waals surface area contributed by atoms with Crippen LogP contribution in [0.4, 0.5) is 0 Å². The van der Waals surface area contributed by atoms with Crippen LogP contribution < -0.4 is 4.74 Å². The monoisotopic (exact) mass is 436 g/mol. The Balaban J connectivity index is 1.84. The van der Waals surface area contributed by atoms with E-state index in [1.165, 1.54) is 0 Å². The quantitative estimate of drug-likeness (QED) is 0.328. The molecule has 0 radical (unpaired) electrons. The molecule has 0 bridgehead atoms. The number of aliphatic carboxylic acids is 1. The molecule has 0 fully saturated rings. The lowest BCUT2D eigenvalue weighted by molar-refractivity contribution is -0.139. The molecule has 0 saturated carbocycles. The molecule has 0 aliphatic heterocycles. The lowest BCUT2D eigenvalue weighted by atomic mass is 10.1. The van der Waals surface area contributed by atoms with E-state index in [1.54, 1.807) is 11.8 Å². The number of ether oxygens (including phenoxy) is 1. The third-order valence-corrected chi connectivity index (χ3v) is 5.35. The lowest BCUT2D eigenvalue weighted by Gasteiger charge is -2.12. The Hall–Kier alpha value is -1.79. The summed E-state index contributed by atoms with van der Waals surface area (Å²) in [7, 11) is 0. The summed E-state index contributed by atoms with van der Waals surface area (Å²) in [5, 5.41) is 8.74. The van der Waals surface area contributed by atoms with Crippen LogP contribution in [0, 0.1) is 13.8 Å². The molecule has 6 heteroatoms. The second-order valence-corrected chi connectivity index (χ2v) is 8.03. The number of Topliss-reactive ketones (excluding diaryl/α,β-unsaturated/α-hetero) is 1. The number of hydrogen-bond donors (Lipinski definition) is 1. The van der Waals surface area contributed by atoms with Crippen LogP contribution in [-0.2, 0) is 4.79 Å². The van der Waals surface area contributed by atoms with Gasteiger partial charge >= 0.3 is 5.97 Å². The average molecular weight is 437 g/mol. The van der Waals surface area contributed by atoms with E-state index in [-0.39, 0.29) is 12.4 Å². The molecular weight excluding hydrogens is 416 g/mol. The molecule has 0 saturated heterocycles. The average Bonchev–Trinajstić information content (AvgIpc) is 2.58. The molecule has 0 aromatic heterocycles. The van der Waals surface area contributed by atoms with Crippen molar-refractivity contribution in [3.05, 3.63) is 57.6 Å². The van der Waals surface area contributed by atoms with Crippen molar-refractivity contribution in [1.29, 1.82) is 0 Å². The minimum Gasteiger partial charge on any atom is -0.481 e. The van der Waals surface area contributed by atoms with Crippen molar-refractivity contribution < 1.29 is 19.4 Å². The first-order valence-electron chi connectivity index (χ1n) is 8.24. The van der Waals surface area contributed by atoms with Crippen molar-refractivity contribution in [2.24, 2.45) is 0 Å². The Bertz CT molecular complexity index is 764. The first-order valence-corrected chi connectivity index (χ1v) is 10.0. The van der Waals surface area contributed by atoms with Gasteiger partial charge in [0.1, 0.15) is 5.75 Å². The summed E-state index contributed by atoms with van der Waals surface area (Å²) in [5.74, 6) is 0.638. The molecular formula is C20H21BrO4S. The fourth-order valence-corrected chi connectivity index (χ4v) is 3.87. The van der Waals surface area contributed by atoms with Crippen molar-refractivity contribution in [2.45, 2.75) is 31.6 Å². The van der Waals surface area contributed by atoms with E-state index in [4.69, 9.17) is 9.84 Å². The van der Waals surface area contributed by atoms with E-state index in [1.807, 2.05) is 50.2 Å². The van der Waals surface area contributed by atoms with E-state index in [2.05, 4.69) is 15.9 Å². The number of ketones is 1. The SMILES string of the molecule is Cc1cc(SCCCC(=O)c2ccc(Br)cc2)cc(C)c1OCC(=O)O. The molecule has 0 spiro atoms. The van der Waals surface area contributed by atoms with Crippen molar-refractivity contribution in [3.63, 3.8) is 0 Å². The van der Waals surface area contributed by atoms with Crippen molar-refractivity contribution in [2.75, 3.05) is 12.4 Å². The van der Waals surface area contributed by atoms with Gasteiger partial charge in [-0.3, -0.25) is 4.79 Å². The smallest absolute Gasteiger partial charge is 0.341 e. The van der Waals surface area contributed by atoms with Gasteiger partial charge in [0.2, 0.25) is 0 Å². The van der Waals surface area contributed by atoms with E-state index >= 15 is 0 Å². The molecule has 26 heavy (non-hydrogen) atoms. The zero-order valence-corrected chi connectivity index (χ0v) is 17.2. The maximum atomic E-state index is 12.2. The molecule has 0 heterocycles. The maximum Gasteiger partial charge on any atom is 0.341 e. The molecule has 2 aromatic rings. The normalized spacial score (nSPS) is 10.6. The highest BCUT2D eigenvalue weighted by atomic mass is 79.9. The first-order chi connectivity index (χ1) is 12.4. The van der Waals surface area contributed by atoms with Crippen molar-refractivity contribution in [3.8, 4) is 5.75 Å². The van der Waals surface area contributed by atoms with Gasteiger partial charge in [0.25, 0.3) is 0 Å². The zero-order valence-electron chi connectivity index (χ0n) is 14.8. The highest BCUT2D eigenvalue weighted by molar-refractivity contribution is 9.10. The van der Waals surface area contributed by atoms with E-state index in [0.29, 0.717) is 12.2 Å². The second kappa shape index (κ2) is 9.78. The number of halogens is 1. The van der Waals surface area contributed by atoms with Gasteiger partial charge in [-0.2, -0.15) is 0 Å². The van der Waals surface area contributed by atoms with Crippen LogP contribution in [0.5, 0.6) is 5.75 Å². The maximum absolute atomic E-state index is 12.2. The molecule has 2 rings (SSSR count). The van der Waals surface area contributed by atoms with Gasteiger partial charge in [-0.15, -0.1) is 11.8 Å². The fourth-order valence-electron chi connectivity index (χ4n) is 2.56. The Morgan fingerprint density at radius 1 is 1.12 bits per heavy atom. The Morgan fingerprint density at radius 2 is 1.73 bits per heavy atom. The van der Waals surface area contributed by atoms with Crippen LogP contribution in [0.2, 0.25) is 0 Å². The number of benzene rings is 2. The minimum absolute atomic E-state index is 0.155. The van der Waals surface area contributed by atoms with Crippen LogP contribution in [0.15, 0.2) is 45.8 Å². The summed E-state index contributed by atoms with van der Waals surface area (Å²) in [6.45, 7) is 3.48. The molecule has 0 unspecified atom stereocenters. The molecule has 1 N–H and O–H groups in total. The highest BCUT2D eigenvalue weighted by Gasteiger charge is 2.10. The number of hydrogen-bond acceptors (Lipinski definition) is 4. The summed E-state index contributed by atoms with van der Waals surface area (Å²) in [5.41, 5.74) is 2.57. The summed E-state index contributed by atoms with van der Waals surface area (Å²) < 4.78 is 6.31. The van der Waals surface area contributed by atoms with Gasteiger partial charge in [0.05, 0.1) is 0 Å². The standard InChI is InChI=1S/C20H21BrO4S/c1-13-10-17(11-14(2)20(13)25-12-19(23)24)26-9-3-4-18(22)15-5-7-16(21)8-6-15/h5-8,10-11H,3-4,9,12H2,1-2H3,(H,23,24). The Morgan fingerprint density at radius 3 is 2.31 bits per heavy atom. The topological polar surface area (TPSA) is 63.6 Å². The van der Waals surface area contributed by atoms with Gasteiger partial charge in [-0.1, -0.05) is 28.1 Å². The van der Waals surface area contributed by atoms with Gasteiger partial charge in [-0.05, 0) is 61.4 Å². The molecule has 0 atom stereocenters. The number of aryl methyl sites for hydroxylation is 2. The van der Waals surface area contributed by atoms with Gasteiger partial charge < -0.3 is 9.84 Å². The molecule has 0 aliphatic rings. The number of carbonyl (C=O) groups excluding carboxylic acids is 1. The number of carbonyl (C=O) groups is 2. The van der Waals surface area contributed by atoms with Gasteiger partial charge in [0, 0.05) is 21.4 Å². The largest absolute Gasteiger partial charge is 0.481 e. The third-order valence-electron chi connectivity index (χ3n) is 3.76. The van der Waals surface area contributed by atoms with Crippen LogP contribution in [0.3, 0.4) is 0 Å². The number of carboxylic acids is 1. The summed E-state index contributed by atoms with van der Waals surface area (Å²) >= 11 is 5.05. The van der Waals surface area contributed by atoms with Gasteiger partial charge in [0.15, 0.2) is 12.4 Å². The first kappa shape index (κ1) is 20.5. The highest BCUT2D eigenvalue weighted by Crippen LogP contribution is 2.30. The lowest BCUT2D eigenvalue weighted by Crippen LogP contribution is -2.10. The number of rotatable bonds is 9. The van der Waals surface area contributed by atoms with Crippen LogP contribution in [-0.4, -0.2) is 29.2 Å². The minimum atomic E-state index is -0.988. The molecule has 4 nitrogen and oxygen atoms in total. The second-order valence-electron chi connectivity index (χ2n) is 5.95. The molecule has 138 valence electrons. The summed E-state index contributed by atoms with van der Waals surface area (Å²) in [4.78, 5) is 23.9. The predicted octanol–water partition coefficient (Wildman–Crippen LogP) is 5.28. The van der Waals surface area contributed by atoms with E-state index < -0.39 is 5.97 Å². The van der Waals surface area contributed by atoms with Crippen LogP contribution >= 0.6 is 27.7 Å². The predicted molar refractivity (Wildman–Crippen MR) is 107 cm³/mol. The molecule has 0 aliphatic carbocycles. The van der Waals surface area contributed by atoms with Crippen molar-refractivity contribution >= 4 is 39.4 Å². The summed E-state index contributed by atoms with van der Waals surface area (Å²) in [6.07, 6.45) is 1.32. The zero-order chi connectivity index (χ0) is 19.1. The number of carboxylic acid groups (broad SMARTS) is 1. The van der Waals surface area contributed by atoms with Crippen molar-refractivity contribution in [1.82, 2.24) is 0 Å². The Labute approximate surface area is 166 Å².